The zero-order valence-corrected chi connectivity index (χ0v) is 21.1. The molecular formula is C27H20BrN3O3S. The summed E-state index contributed by atoms with van der Waals surface area (Å²) in [6.07, 6.45) is 3.32. The van der Waals surface area contributed by atoms with Crippen LogP contribution in [0, 0.1) is 6.92 Å². The molecule has 8 heteroatoms. The number of Topliss-reactive ketones (excluding diaryl/α,β-unsaturated/α-hetero) is 1. The smallest absolute Gasteiger partial charge is 0.290 e. The highest BCUT2D eigenvalue weighted by molar-refractivity contribution is 9.10. The molecule has 174 valence electrons. The van der Waals surface area contributed by atoms with Crippen LogP contribution in [0.2, 0.25) is 0 Å². The molecule has 0 aliphatic carbocycles. The molecule has 35 heavy (non-hydrogen) atoms. The number of carbonyl (C=O) groups excluding carboxylic acids is 2. The van der Waals surface area contributed by atoms with E-state index in [9.17, 15) is 14.7 Å². The number of aryl methyl sites for hydroxylation is 1. The van der Waals surface area contributed by atoms with Gasteiger partial charge in [0.25, 0.3) is 5.91 Å². The number of hydrogen-bond acceptors (Lipinski definition) is 6. The first-order valence-corrected chi connectivity index (χ1v) is 12.5. The summed E-state index contributed by atoms with van der Waals surface area (Å²) < 4.78 is 0.872. The molecule has 0 bridgehead atoms. The molecule has 1 aliphatic heterocycles. The Morgan fingerprint density at radius 3 is 2.51 bits per heavy atom. The van der Waals surface area contributed by atoms with Crippen LogP contribution in [0.15, 0.2) is 94.9 Å². The first kappa shape index (κ1) is 23.1. The molecule has 1 atom stereocenters. The van der Waals surface area contributed by atoms with Gasteiger partial charge in [-0.1, -0.05) is 64.5 Å². The number of carbonyl (C=O) groups is 2. The van der Waals surface area contributed by atoms with Gasteiger partial charge in [-0.25, -0.2) is 4.98 Å². The average Bonchev–Trinajstić information content (AvgIpc) is 3.38. The molecule has 2 aromatic heterocycles. The van der Waals surface area contributed by atoms with E-state index in [2.05, 4.69) is 25.9 Å². The van der Waals surface area contributed by atoms with Crippen LogP contribution in [0.1, 0.15) is 32.5 Å². The molecule has 0 radical (unpaired) electrons. The van der Waals surface area contributed by atoms with Crippen molar-refractivity contribution in [1.29, 1.82) is 0 Å². The maximum absolute atomic E-state index is 13.9. The van der Waals surface area contributed by atoms with Gasteiger partial charge in [0.05, 0.1) is 22.2 Å². The maximum atomic E-state index is 13.9. The molecule has 3 heterocycles. The molecule has 1 unspecified atom stereocenters. The van der Waals surface area contributed by atoms with Crippen LogP contribution in [0.5, 0.6) is 0 Å². The SMILES string of the molecule is Cc1nc(-c2ccccc2)sc1C(=O)C1=C(O)C(=O)N(Cc2cccnc2)C1c1ccc(Br)cc1. The highest BCUT2D eigenvalue weighted by Gasteiger charge is 2.44. The fourth-order valence-electron chi connectivity index (χ4n) is 4.16. The van der Waals surface area contributed by atoms with Crippen LogP contribution in [-0.4, -0.2) is 31.7 Å². The van der Waals surface area contributed by atoms with E-state index >= 15 is 0 Å². The number of ketones is 1. The Balaban J connectivity index is 1.58. The van der Waals surface area contributed by atoms with E-state index in [1.54, 1.807) is 25.4 Å². The second kappa shape index (κ2) is 9.56. The quantitative estimate of drug-likeness (QED) is 0.298. The molecule has 4 aromatic rings. The topological polar surface area (TPSA) is 83.4 Å². The van der Waals surface area contributed by atoms with Crippen molar-refractivity contribution in [3.63, 3.8) is 0 Å². The van der Waals surface area contributed by atoms with E-state index in [1.165, 1.54) is 16.2 Å². The Morgan fingerprint density at radius 1 is 1.09 bits per heavy atom. The summed E-state index contributed by atoms with van der Waals surface area (Å²) in [5, 5.41) is 11.7. The predicted octanol–water partition coefficient (Wildman–Crippen LogP) is 6.05. The second-order valence-electron chi connectivity index (χ2n) is 8.14. The minimum absolute atomic E-state index is 0.0626. The summed E-state index contributed by atoms with van der Waals surface area (Å²) in [4.78, 5) is 37.8. The third-order valence-electron chi connectivity index (χ3n) is 5.83. The highest BCUT2D eigenvalue weighted by atomic mass is 79.9. The van der Waals surface area contributed by atoms with Gasteiger partial charge in [-0.3, -0.25) is 14.6 Å². The largest absolute Gasteiger partial charge is 0.503 e. The number of aromatic nitrogens is 2. The first-order valence-electron chi connectivity index (χ1n) is 10.9. The van der Waals surface area contributed by atoms with Crippen molar-refractivity contribution in [2.45, 2.75) is 19.5 Å². The lowest BCUT2D eigenvalue weighted by Crippen LogP contribution is -2.30. The van der Waals surface area contributed by atoms with Crippen molar-refractivity contribution >= 4 is 39.0 Å². The van der Waals surface area contributed by atoms with Crippen molar-refractivity contribution in [3.05, 3.63) is 117 Å². The summed E-state index contributed by atoms with van der Waals surface area (Å²) in [6, 6.07) is 19.9. The average molecular weight is 546 g/mol. The Labute approximate surface area is 214 Å². The summed E-state index contributed by atoms with van der Waals surface area (Å²) in [7, 11) is 0. The molecule has 0 fully saturated rings. The van der Waals surface area contributed by atoms with Gasteiger partial charge in [0, 0.05) is 29.0 Å². The fraction of sp³-hybridized carbons (Fsp3) is 0.111. The number of benzene rings is 2. The summed E-state index contributed by atoms with van der Waals surface area (Å²) in [5.41, 5.74) is 3.05. The third-order valence-corrected chi connectivity index (χ3v) is 7.57. The van der Waals surface area contributed by atoms with Gasteiger partial charge in [-0.2, -0.15) is 0 Å². The molecule has 0 spiro atoms. The van der Waals surface area contributed by atoms with Crippen LogP contribution in [0.4, 0.5) is 0 Å². The van der Waals surface area contributed by atoms with E-state index in [1.807, 2.05) is 60.7 Å². The molecule has 2 aromatic carbocycles. The third kappa shape index (κ3) is 4.42. The van der Waals surface area contributed by atoms with Crippen LogP contribution >= 0.6 is 27.3 Å². The number of halogens is 1. The monoisotopic (exact) mass is 545 g/mol. The minimum Gasteiger partial charge on any atom is -0.503 e. The highest BCUT2D eigenvalue weighted by Crippen LogP contribution is 2.42. The molecule has 0 saturated heterocycles. The van der Waals surface area contributed by atoms with Crippen LogP contribution in [0.3, 0.4) is 0 Å². The lowest BCUT2D eigenvalue weighted by Gasteiger charge is -2.27. The van der Waals surface area contributed by atoms with Gasteiger partial charge in [0.15, 0.2) is 5.76 Å². The second-order valence-corrected chi connectivity index (χ2v) is 10.1. The van der Waals surface area contributed by atoms with Gasteiger partial charge >= 0.3 is 0 Å². The van der Waals surface area contributed by atoms with Crippen LogP contribution < -0.4 is 0 Å². The lowest BCUT2D eigenvalue weighted by molar-refractivity contribution is -0.130. The van der Waals surface area contributed by atoms with Crippen LogP contribution in [-0.2, 0) is 11.3 Å². The normalized spacial score (nSPS) is 15.7. The standard InChI is InChI=1S/C27H20BrN3O3S/c1-16-25(35-26(30-16)19-7-3-2-4-8-19)23(32)21-22(18-9-11-20(28)12-10-18)31(27(34)24(21)33)15-17-6-5-13-29-14-17/h2-14,22,33H,15H2,1H3. The molecule has 1 aliphatic rings. The van der Waals surface area contributed by atoms with Crippen LogP contribution in [0.25, 0.3) is 10.6 Å². The predicted molar refractivity (Wildman–Crippen MR) is 138 cm³/mol. The van der Waals surface area contributed by atoms with E-state index < -0.39 is 23.5 Å². The van der Waals surface area contributed by atoms with Crippen molar-refractivity contribution in [1.82, 2.24) is 14.9 Å². The number of rotatable bonds is 6. The number of aliphatic hydroxyl groups excluding tert-OH is 1. The Hall–Kier alpha value is -3.62. The van der Waals surface area contributed by atoms with Crippen molar-refractivity contribution in [3.8, 4) is 10.6 Å². The zero-order valence-electron chi connectivity index (χ0n) is 18.7. The van der Waals surface area contributed by atoms with Gasteiger partial charge < -0.3 is 10.0 Å². The first-order chi connectivity index (χ1) is 16.9. The number of pyridine rings is 1. The lowest BCUT2D eigenvalue weighted by atomic mass is 9.95. The van der Waals surface area contributed by atoms with E-state index in [4.69, 9.17) is 0 Å². The van der Waals surface area contributed by atoms with E-state index in [0.717, 1.165) is 21.2 Å². The Bertz CT molecular complexity index is 1430. The Kier molecular flexibility index (Phi) is 6.32. The fourth-order valence-corrected chi connectivity index (χ4v) is 5.45. The Morgan fingerprint density at radius 2 is 1.83 bits per heavy atom. The molecule has 0 saturated carbocycles. The molecule has 1 N–H and O–H groups in total. The van der Waals surface area contributed by atoms with Gasteiger partial charge in [-0.15, -0.1) is 11.3 Å². The number of nitrogens with zero attached hydrogens (tertiary/aromatic N) is 3. The van der Waals surface area contributed by atoms with Crippen molar-refractivity contribution in [2.24, 2.45) is 0 Å². The molecule has 5 rings (SSSR count). The zero-order chi connectivity index (χ0) is 24.5. The van der Waals surface area contributed by atoms with Gasteiger partial charge in [0.2, 0.25) is 5.78 Å². The molecular weight excluding hydrogens is 526 g/mol. The number of aliphatic hydroxyl groups is 1. The van der Waals surface area contributed by atoms with Crippen molar-refractivity contribution in [2.75, 3.05) is 0 Å². The van der Waals surface area contributed by atoms with E-state index in [0.29, 0.717) is 15.6 Å². The number of hydrogen-bond donors (Lipinski definition) is 1. The van der Waals surface area contributed by atoms with E-state index in [-0.39, 0.29) is 12.1 Å². The number of amides is 1. The van der Waals surface area contributed by atoms with Gasteiger partial charge in [0.1, 0.15) is 5.01 Å². The summed E-state index contributed by atoms with van der Waals surface area (Å²) in [5.74, 6) is -1.51. The molecule has 1 amide bonds. The molecule has 6 nitrogen and oxygen atoms in total. The van der Waals surface area contributed by atoms with Gasteiger partial charge in [-0.05, 0) is 36.2 Å². The minimum atomic E-state index is -0.745. The summed E-state index contributed by atoms with van der Waals surface area (Å²) in [6.45, 7) is 1.97. The van der Waals surface area contributed by atoms with Crippen molar-refractivity contribution < 1.29 is 14.7 Å². The maximum Gasteiger partial charge on any atom is 0.290 e. The number of thiazole rings is 1. The summed E-state index contributed by atoms with van der Waals surface area (Å²) >= 11 is 4.70.